The van der Waals surface area contributed by atoms with Gasteiger partial charge >= 0.3 is 0 Å². The molecule has 0 aromatic rings. The van der Waals surface area contributed by atoms with Crippen LogP contribution in [0.4, 0.5) is 0 Å². The summed E-state index contributed by atoms with van der Waals surface area (Å²) < 4.78 is 0. The third-order valence-corrected chi connectivity index (χ3v) is 2.57. The van der Waals surface area contributed by atoms with Crippen LogP contribution >= 0.6 is 11.6 Å². The predicted molar refractivity (Wildman–Crippen MR) is 45.6 cm³/mol. The second kappa shape index (κ2) is 4.20. The molecule has 1 atom stereocenters. The Balaban J connectivity index is 2.27. The molecule has 1 saturated heterocycles. The molecule has 0 aromatic carbocycles. The molecule has 0 bridgehead atoms. The first-order valence-electron chi connectivity index (χ1n) is 4.18. The SMILES string of the molecule is CCN1CCCC1CCCl. The molecule has 10 heavy (non-hydrogen) atoms. The van der Waals surface area contributed by atoms with Gasteiger partial charge in [0.25, 0.3) is 0 Å². The van der Waals surface area contributed by atoms with Crippen LogP contribution < -0.4 is 0 Å². The zero-order valence-corrected chi connectivity index (χ0v) is 7.40. The molecule has 1 fully saturated rings. The summed E-state index contributed by atoms with van der Waals surface area (Å²) in [5.74, 6) is 0.821. The van der Waals surface area contributed by atoms with Crippen molar-refractivity contribution < 1.29 is 0 Å². The Bertz CT molecular complexity index is 95.3. The summed E-state index contributed by atoms with van der Waals surface area (Å²) in [4.78, 5) is 2.53. The molecule has 0 aliphatic carbocycles. The van der Waals surface area contributed by atoms with E-state index in [1.54, 1.807) is 0 Å². The molecule has 1 unspecified atom stereocenters. The fraction of sp³-hybridized carbons (Fsp3) is 1.00. The molecule has 0 amide bonds. The second-order valence-electron chi connectivity index (χ2n) is 2.90. The van der Waals surface area contributed by atoms with Crippen LogP contribution in [-0.4, -0.2) is 29.9 Å². The lowest BCUT2D eigenvalue weighted by atomic mass is 10.2. The average molecular weight is 162 g/mol. The number of rotatable bonds is 3. The minimum atomic E-state index is 0.794. The summed E-state index contributed by atoms with van der Waals surface area (Å²) in [6.45, 7) is 4.71. The van der Waals surface area contributed by atoms with E-state index >= 15 is 0 Å². The average Bonchev–Trinajstić information content (AvgIpc) is 2.36. The molecule has 1 aliphatic heterocycles. The van der Waals surface area contributed by atoms with Gasteiger partial charge in [0.2, 0.25) is 0 Å². The monoisotopic (exact) mass is 161 g/mol. The summed E-state index contributed by atoms with van der Waals surface area (Å²) in [5.41, 5.74) is 0. The van der Waals surface area contributed by atoms with Gasteiger partial charge in [0.05, 0.1) is 0 Å². The largest absolute Gasteiger partial charge is 0.301 e. The van der Waals surface area contributed by atoms with Crippen LogP contribution in [0, 0.1) is 0 Å². The van der Waals surface area contributed by atoms with E-state index in [0.717, 1.165) is 11.9 Å². The minimum Gasteiger partial charge on any atom is -0.301 e. The third kappa shape index (κ3) is 1.86. The molecule has 0 saturated carbocycles. The number of likely N-dealkylation sites (tertiary alicyclic amines) is 1. The zero-order chi connectivity index (χ0) is 7.40. The summed E-state index contributed by atoms with van der Waals surface area (Å²) in [5, 5.41) is 0. The summed E-state index contributed by atoms with van der Waals surface area (Å²) in [6.07, 6.45) is 3.91. The van der Waals surface area contributed by atoms with Gasteiger partial charge in [-0.2, -0.15) is 0 Å². The maximum Gasteiger partial charge on any atom is 0.0238 e. The number of nitrogens with zero attached hydrogens (tertiary/aromatic N) is 1. The van der Waals surface area contributed by atoms with E-state index < -0.39 is 0 Å². The van der Waals surface area contributed by atoms with Crippen molar-refractivity contribution in [3.8, 4) is 0 Å². The summed E-state index contributed by atoms with van der Waals surface area (Å²) in [7, 11) is 0. The van der Waals surface area contributed by atoms with E-state index in [-0.39, 0.29) is 0 Å². The lowest BCUT2D eigenvalue weighted by Gasteiger charge is -2.21. The molecule has 2 heteroatoms. The highest BCUT2D eigenvalue weighted by Crippen LogP contribution is 2.19. The lowest BCUT2D eigenvalue weighted by Crippen LogP contribution is -2.29. The van der Waals surface area contributed by atoms with Crippen LogP contribution in [0.2, 0.25) is 0 Å². The van der Waals surface area contributed by atoms with E-state index in [9.17, 15) is 0 Å². The maximum atomic E-state index is 5.68. The molecule has 0 spiro atoms. The molecule has 0 N–H and O–H groups in total. The number of halogens is 1. The van der Waals surface area contributed by atoms with Crippen LogP contribution in [0.5, 0.6) is 0 Å². The highest BCUT2D eigenvalue weighted by Gasteiger charge is 2.21. The van der Waals surface area contributed by atoms with Crippen molar-refractivity contribution in [3.63, 3.8) is 0 Å². The van der Waals surface area contributed by atoms with Crippen molar-refractivity contribution in [3.05, 3.63) is 0 Å². The quantitative estimate of drug-likeness (QED) is 0.574. The first-order chi connectivity index (χ1) is 4.88. The van der Waals surface area contributed by atoms with E-state index in [1.807, 2.05) is 0 Å². The molecule has 0 aromatic heterocycles. The van der Waals surface area contributed by atoms with Crippen molar-refractivity contribution in [2.45, 2.75) is 32.2 Å². The number of hydrogen-bond donors (Lipinski definition) is 0. The molecule has 1 aliphatic rings. The van der Waals surface area contributed by atoms with Gasteiger partial charge in [-0.25, -0.2) is 0 Å². The second-order valence-corrected chi connectivity index (χ2v) is 3.28. The van der Waals surface area contributed by atoms with Gasteiger partial charge in [0.15, 0.2) is 0 Å². The standard InChI is InChI=1S/C8H16ClN/c1-2-10-7-3-4-8(10)5-6-9/h8H,2-7H2,1H3. The number of hydrogen-bond acceptors (Lipinski definition) is 1. The van der Waals surface area contributed by atoms with Crippen LogP contribution in [0.25, 0.3) is 0 Å². The fourth-order valence-electron chi connectivity index (χ4n) is 1.76. The molecular formula is C8H16ClN. The first kappa shape index (κ1) is 8.35. The van der Waals surface area contributed by atoms with Crippen molar-refractivity contribution in [1.29, 1.82) is 0 Å². The van der Waals surface area contributed by atoms with Crippen LogP contribution in [-0.2, 0) is 0 Å². The van der Waals surface area contributed by atoms with Gasteiger partial charge in [0.1, 0.15) is 0 Å². The topological polar surface area (TPSA) is 3.24 Å². The van der Waals surface area contributed by atoms with Gasteiger partial charge in [-0.1, -0.05) is 6.92 Å². The molecular weight excluding hydrogens is 146 g/mol. The summed E-state index contributed by atoms with van der Waals surface area (Å²) in [6, 6.07) is 0.794. The van der Waals surface area contributed by atoms with E-state index in [0.29, 0.717) is 0 Å². The van der Waals surface area contributed by atoms with Crippen LogP contribution in [0.3, 0.4) is 0 Å². The van der Waals surface area contributed by atoms with Crippen LogP contribution in [0.15, 0.2) is 0 Å². The van der Waals surface area contributed by atoms with Crippen molar-refractivity contribution in [1.82, 2.24) is 4.90 Å². The Morgan fingerprint density at radius 2 is 2.40 bits per heavy atom. The molecule has 1 rings (SSSR count). The fourth-order valence-corrected chi connectivity index (χ4v) is 2.02. The normalized spacial score (nSPS) is 27.6. The van der Waals surface area contributed by atoms with Gasteiger partial charge in [-0.15, -0.1) is 11.6 Å². The number of alkyl halides is 1. The molecule has 60 valence electrons. The predicted octanol–water partition coefficient (Wildman–Crippen LogP) is 2.10. The zero-order valence-electron chi connectivity index (χ0n) is 6.65. The highest BCUT2D eigenvalue weighted by molar-refractivity contribution is 6.17. The Morgan fingerprint density at radius 3 is 3.00 bits per heavy atom. The Labute approximate surface area is 68.4 Å². The van der Waals surface area contributed by atoms with Crippen molar-refractivity contribution in [2.24, 2.45) is 0 Å². The van der Waals surface area contributed by atoms with Gasteiger partial charge in [-0.05, 0) is 32.4 Å². The van der Waals surface area contributed by atoms with E-state index in [2.05, 4.69) is 11.8 Å². The van der Waals surface area contributed by atoms with Gasteiger partial charge < -0.3 is 4.90 Å². The Hall–Kier alpha value is 0.250. The van der Waals surface area contributed by atoms with E-state index in [4.69, 9.17) is 11.6 Å². The van der Waals surface area contributed by atoms with Crippen molar-refractivity contribution >= 4 is 11.6 Å². The van der Waals surface area contributed by atoms with Gasteiger partial charge in [-0.3, -0.25) is 0 Å². The first-order valence-corrected chi connectivity index (χ1v) is 4.72. The minimum absolute atomic E-state index is 0.794. The van der Waals surface area contributed by atoms with Crippen LogP contribution in [0.1, 0.15) is 26.2 Å². The Kier molecular flexibility index (Phi) is 3.50. The highest BCUT2D eigenvalue weighted by atomic mass is 35.5. The van der Waals surface area contributed by atoms with Crippen molar-refractivity contribution in [2.75, 3.05) is 19.0 Å². The Morgan fingerprint density at radius 1 is 1.60 bits per heavy atom. The molecule has 0 radical (unpaired) electrons. The summed E-state index contributed by atoms with van der Waals surface area (Å²) >= 11 is 5.68. The van der Waals surface area contributed by atoms with E-state index in [1.165, 1.54) is 32.4 Å². The lowest BCUT2D eigenvalue weighted by molar-refractivity contribution is 0.262. The molecule has 1 nitrogen and oxygen atoms in total. The third-order valence-electron chi connectivity index (χ3n) is 2.35. The smallest absolute Gasteiger partial charge is 0.0238 e. The maximum absolute atomic E-state index is 5.68. The van der Waals surface area contributed by atoms with Gasteiger partial charge in [0, 0.05) is 11.9 Å². The molecule has 1 heterocycles.